The van der Waals surface area contributed by atoms with Crippen molar-refractivity contribution in [3.63, 3.8) is 0 Å². The van der Waals surface area contributed by atoms with Gasteiger partial charge in [-0.25, -0.2) is 13.2 Å². The van der Waals surface area contributed by atoms with Gasteiger partial charge in [-0.3, -0.25) is 4.79 Å². The van der Waals surface area contributed by atoms with Crippen LogP contribution in [0, 0.1) is 17.5 Å². The molecule has 0 fully saturated rings. The van der Waals surface area contributed by atoms with Crippen molar-refractivity contribution >= 4 is 5.97 Å². The normalized spacial score (nSPS) is 10.1. The summed E-state index contributed by atoms with van der Waals surface area (Å²) < 4.78 is 42.8. The van der Waals surface area contributed by atoms with Gasteiger partial charge < -0.3 is 4.74 Å². The van der Waals surface area contributed by atoms with E-state index in [9.17, 15) is 18.0 Å². The first-order valence-electron chi connectivity index (χ1n) is 4.33. The Morgan fingerprint density at radius 3 is 2.40 bits per heavy atom. The average molecular weight is 218 g/mol. The predicted octanol–water partition coefficient (Wildman–Crippen LogP) is 2.56. The molecule has 0 spiro atoms. The van der Waals surface area contributed by atoms with Crippen LogP contribution in [0.1, 0.15) is 18.9 Å². The molecule has 0 bridgehead atoms. The Hall–Kier alpha value is -1.52. The van der Waals surface area contributed by atoms with E-state index in [1.807, 2.05) is 0 Å². The lowest BCUT2D eigenvalue weighted by Crippen LogP contribution is -2.04. The molecule has 0 saturated carbocycles. The molecule has 15 heavy (non-hydrogen) atoms. The molecule has 1 rings (SSSR count). The van der Waals surface area contributed by atoms with Crippen LogP contribution in [-0.4, -0.2) is 5.97 Å². The van der Waals surface area contributed by atoms with E-state index in [4.69, 9.17) is 0 Å². The first kappa shape index (κ1) is 11.6. The number of hydrogen-bond acceptors (Lipinski definition) is 2. The maximum Gasteiger partial charge on any atom is 0.305 e. The standard InChI is InChI=1S/C10H9F3O2/c1-2-10(14)15-5-6-3-8(12)9(13)4-7(6)11/h3-4H,2,5H2,1H3. The van der Waals surface area contributed by atoms with Gasteiger partial charge in [-0.1, -0.05) is 6.92 Å². The van der Waals surface area contributed by atoms with E-state index in [1.165, 1.54) is 0 Å². The highest BCUT2D eigenvalue weighted by molar-refractivity contribution is 5.68. The zero-order chi connectivity index (χ0) is 11.4. The second-order valence-corrected chi connectivity index (χ2v) is 2.87. The number of carbonyl (C=O) groups is 1. The fourth-order valence-corrected chi connectivity index (χ4v) is 0.935. The molecule has 5 heteroatoms. The molecule has 0 heterocycles. The largest absolute Gasteiger partial charge is 0.461 e. The van der Waals surface area contributed by atoms with E-state index in [0.717, 1.165) is 0 Å². The molecular weight excluding hydrogens is 209 g/mol. The minimum Gasteiger partial charge on any atom is -0.461 e. The summed E-state index contributed by atoms with van der Waals surface area (Å²) >= 11 is 0. The summed E-state index contributed by atoms with van der Waals surface area (Å²) in [5, 5.41) is 0. The Morgan fingerprint density at radius 1 is 1.20 bits per heavy atom. The molecule has 0 N–H and O–H groups in total. The molecule has 0 saturated heterocycles. The van der Waals surface area contributed by atoms with Crippen LogP contribution in [-0.2, 0) is 16.1 Å². The first-order valence-corrected chi connectivity index (χ1v) is 4.33. The smallest absolute Gasteiger partial charge is 0.305 e. The molecule has 82 valence electrons. The Kier molecular flexibility index (Phi) is 3.71. The van der Waals surface area contributed by atoms with Crippen molar-refractivity contribution in [1.29, 1.82) is 0 Å². The van der Waals surface area contributed by atoms with Gasteiger partial charge in [0.15, 0.2) is 11.6 Å². The van der Waals surface area contributed by atoms with Crippen LogP contribution < -0.4 is 0 Å². The zero-order valence-electron chi connectivity index (χ0n) is 8.02. The van der Waals surface area contributed by atoms with Crippen LogP contribution in [0.2, 0.25) is 0 Å². The second-order valence-electron chi connectivity index (χ2n) is 2.87. The fraction of sp³-hybridized carbons (Fsp3) is 0.300. The second kappa shape index (κ2) is 4.82. The van der Waals surface area contributed by atoms with E-state index in [0.29, 0.717) is 12.1 Å². The van der Waals surface area contributed by atoms with Gasteiger partial charge in [-0.15, -0.1) is 0 Å². The highest BCUT2D eigenvalue weighted by Crippen LogP contribution is 2.14. The monoisotopic (exact) mass is 218 g/mol. The van der Waals surface area contributed by atoms with Crippen molar-refractivity contribution < 1.29 is 22.7 Å². The van der Waals surface area contributed by atoms with Gasteiger partial charge in [-0.2, -0.15) is 0 Å². The molecule has 0 aromatic heterocycles. The number of ether oxygens (including phenoxy) is 1. The molecule has 0 atom stereocenters. The zero-order valence-corrected chi connectivity index (χ0v) is 8.02. The lowest BCUT2D eigenvalue weighted by Gasteiger charge is -2.05. The van der Waals surface area contributed by atoms with Gasteiger partial charge in [0.25, 0.3) is 0 Å². The first-order chi connectivity index (χ1) is 7.04. The third-order valence-corrected chi connectivity index (χ3v) is 1.77. The number of esters is 1. The molecule has 0 aliphatic heterocycles. The number of benzene rings is 1. The molecule has 0 amide bonds. The van der Waals surface area contributed by atoms with Gasteiger partial charge in [0.1, 0.15) is 12.4 Å². The topological polar surface area (TPSA) is 26.3 Å². The minimum atomic E-state index is -1.27. The number of hydrogen-bond donors (Lipinski definition) is 0. The van der Waals surface area contributed by atoms with E-state index in [2.05, 4.69) is 4.74 Å². The summed E-state index contributed by atoms with van der Waals surface area (Å²) in [6, 6.07) is 1.10. The van der Waals surface area contributed by atoms with Crippen LogP contribution in [0.25, 0.3) is 0 Å². The summed E-state index contributed by atoms with van der Waals surface area (Å²) in [4.78, 5) is 10.7. The fourth-order valence-electron chi connectivity index (χ4n) is 0.935. The summed E-state index contributed by atoms with van der Waals surface area (Å²) in [6.45, 7) is 1.18. The van der Waals surface area contributed by atoms with Gasteiger partial charge in [0.05, 0.1) is 0 Å². The minimum absolute atomic E-state index is 0.144. The summed E-state index contributed by atoms with van der Waals surface area (Å²) in [5.41, 5.74) is -0.185. The maximum atomic E-state index is 13.0. The van der Waals surface area contributed by atoms with E-state index in [-0.39, 0.29) is 12.0 Å². The molecule has 0 aliphatic carbocycles. The van der Waals surface area contributed by atoms with Crippen molar-refractivity contribution in [1.82, 2.24) is 0 Å². The number of carbonyl (C=O) groups excluding carboxylic acids is 1. The van der Waals surface area contributed by atoms with Gasteiger partial charge in [0.2, 0.25) is 0 Å². The van der Waals surface area contributed by atoms with Crippen LogP contribution >= 0.6 is 0 Å². The van der Waals surface area contributed by atoms with Gasteiger partial charge >= 0.3 is 5.97 Å². The highest BCUT2D eigenvalue weighted by Gasteiger charge is 2.11. The Bertz CT molecular complexity index is 377. The molecule has 1 aromatic rings. The van der Waals surface area contributed by atoms with Crippen molar-refractivity contribution in [2.45, 2.75) is 20.0 Å². The average Bonchev–Trinajstić information content (AvgIpc) is 2.21. The molecule has 0 aliphatic rings. The highest BCUT2D eigenvalue weighted by atomic mass is 19.2. The summed E-state index contributed by atoms with van der Waals surface area (Å²) in [5.74, 6) is -3.89. The Balaban J connectivity index is 2.77. The van der Waals surface area contributed by atoms with Crippen LogP contribution in [0.4, 0.5) is 13.2 Å². The molecular formula is C10H9F3O2. The van der Waals surface area contributed by atoms with Crippen molar-refractivity contribution in [2.75, 3.05) is 0 Å². The SMILES string of the molecule is CCC(=O)OCc1cc(F)c(F)cc1F. The van der Waals surface area contributed by atoms with E-state index < -0.39 is 30.0 Å². The Labute approximate surface area is 84.7 Å². The van der Waals surface area contributed by atoms with E-state index in [1.54, 1.807) is 6.92 Å². The van der Waals surface area contributed by atoms with Crippen LogP contribution in [0.5, 0.6) is 0 Å². The van der Waals surface area contributed by atoms with Gasteiger partial charge in [0, 0.05) is 18.1 Å². The molecule has 2 nitrogen and oxygen atoms in total. The van der Waals surface area contributed by atoms with Crippen molar-refractivity contribution in [2.24, 2.45) is 0 Å². The van der Waals surface area contributed by atoms with Crippen LogP contribution in [0.15, 0.2) is 12.1 Å². The molecule has 1 aromatic carbocycles. The lowest BCUT2D eigenvalue weighted by atomic mass is 10.2. The number of halogens is 3. The Morgan fingerprint density at radius 2 is 1.80 bits per heavy atom. The third kappa shape index (κ3) is 2.97. The van der Waals surface area contributed by atoms with Gasteiger partial charge in [-0.05, 0) is 6.07 Å². The van der Waals surface area contributed by atoms with Crippen molar-refractivity contribution in [3.8, 4) is 0 Å². The predicted molar refractivity (Wildman–Crippen MR) is 46.4 cm³/mol. The summed E-state index contributed by atoms with van der Waals surface area (Å²) in [6.07, 6.45) is 0.144. The lowest BCUT2D eigenvalue weighted by molar-refractivity contribution is -0.144. The van der Waals surface area contributed by atoms with Crippen molar-refractivity contribution in [3.05, 3.63) is 35.1 Å². The number of rotatable bonds is 3. The molecule has 0 radical (unpaired) electrons. The summed E-state index contributed by atoms with van der Waals surface area (Å²) in [7, 11) is 0. The third-order valence-electron chi connectivity index (χ3n) is 1.77. The maximum absolute atomic E-state index is 13.0. The van der Waals surface area contributed by atoms with Crippen LogP contribution in [0.3, 0.4) is 0 Å². The van der Waals surface area contributed by atoms with E-state index >= 15 is 0 Å². The molecule has 0 unspecified atom stereocenters. The quantitative estimate of drug-likeness (QED) is 0.575.